The summed E-state index contributed by atoms with van der Waals surface area (Å²) in [5.41, 5.74) is 0.729. The molecule has 1 rings (SSSR count). The van der Waals surface area contributed by atoms with Gasteiger partial charge in [0.1, 0.15) is 19.9 Å². The minimum absolute atomic E-state index is 0.119. The zero-order valence-corrected chi connectivity index (χ0v) is 8.95. The maximum atomic E-state index is 9.43. The van der Waals surface area contributed by atoms with Crippen LogP contribution in [-0.2, 0) is 0 Å². The summed E-state index contributed by atoms with van der Waals surface area (Å²) in [5, 5.41) is 9.43. The van der Waals surface area contributed by atoms with Gasteiger partial charge in [-0.15, -0.1) is 0 Å². The number of hydrogen-bond donors (Lipinski definition) is 1. The Balaban J connectivity index is 2.45. The van der Waals surface area contributed by atoms with Gasteiger partial charge in [-0.3, -0.25) is 0 Å². The first kappa shape index (κ1) is 10.2. The molecule has 0 aromatic rings. The topological polar surface area (TPSA) is 20.2 Å². The van der Waals surface area contributed by atoms with Crippen LogP contribution in [0.25, 0.3) is 0 Å². The molecule has 1 aliphatic rings. The number of aliphatic hydroxyl groups is 1. The van der Waals surface area contributed by atoms with Crippen LogP contribution >= 0.6 is 7.55 Å². The largest absolute Gasteiger partial charge is 0.330 e. The van der Waals surface area contributed by atoms with E-state index in [9.17, 15) is 5.11 Å². The molecule has 1 nitrogen and oxygen atoms in total. The molecule has 1 fully saturated rings. The van der Waals surface area contributed by atoms with Gasteiger partial charge in [0.2, 0.25) is 5.48 Å². The number of hydrogen-bond acceptors (Lipinski definition) is 0. The van der Waals surface area contributed by atoms with E-state index in [1.54, 1.807) is 0 Å². The smallest absolute Gasteiger partial charge is 0.219 e. The molecule has 1 heterocycles. The fourth-order valence-corrected chi connectivity index (χ4v) is 3.83. The van der Waals surface area contributed by atoms with Crippen molar-refractivity contribution >= 4 is 13.0 Å². The highest BCUT2D eigenvalue weighted by Gasteiger charge is 2.14. The molecule has 70 valence electrons. The first-order valence-electron chi connectivity index (χ1n) is 5.08. The van der Waals surface area contributed by atoms with Crippen molar-refractivity contribution < 1.29 is 5.11 Å². The van der Waals surface area contributed by atoms with E-state index in [2.05, 4.69) is 0 Å². The lowest BCUT2D eigenvalue weighted by atomic mass is 10.1. The molecule has 0 saturated carbocycles. The van der Waals surface area contributed by atoms with Crippen molar-refractivity contribution in [2.24, 2.45) is 0 Å². The molecule has 0 atom stereocenters. The monoisotopic (exact) mass is 187 g/mol. The average Bonchev–Trinajstić information content (AvgIpc) is 2.15. The van der Waals surface area contributed by atoms with E-state index in [0.717, 1.165) is 5.48 Å². The molecule has 0 bridgehead atoms. The molecule has 1 aliphatic heterocycles. The van der Waals surface area contributed by atoms with Gasteiger partial charge in [-0.2, -0.15) is 0 Å². The zero-order valence-electron chi connectivity index (χ0n) is 8.05. The summed E-state index contributed by atoms with van der Waals surface area (Å²) in [6.07, 6.45) is 10.8. The Hall–Kier alpha value is 0.130. The van der Waals surface area contributed by atoms with Gasteiger partial charge in [0.15, 0.2) is 0 Å². The van der Waals surface area contributed by atoms with Crippen LogP contribution in [0.5, 0.6) is 0 Å². The lowest BCUT2D eigenvalue weighted by molar-refractivity contribution is 0.563. The second-order valence-corrected chi connectivity index (χ2v) is 6.28. The Labute approximate surface area is 76.6 Å². The van der Waals surface area contributed by atoms with Crippen molar-refractivity contribution in [1.29, 1.82) is 0 Å². The van der Waals surface area contributed by atoms with Crippen LogP contribution in [0.15, 0.2) is 0 Å². The van der Waals surface area contributed by atoms with Crippen molar-refractivity contribution in [3.05, 3.63) is 0 Å². The summed E-state index contributed by atoms with van der Waals surface area (Å²) in [6, 6.07) is 0. The average molecular weight is 187 g/mol. The fraction of sp³-hybridized carbons (Fsp3) is 0.900. The lowest BCUT2D eigenvalue weighted by Crippen LogP contribution is -1.93. The van der Waals surface area contributed by atoms with Gasteiger partial charge in [0.25, 0.3) is 0 Å². The first-order chi connectivity index (χ1) is 5.80. The molecular formula is C10H20OP+. The fourth-order valence-electron chi connectivity index (χ4n) is 1.75. The van der Waals surface area contributed by atoms with Crippen molar-refractivity contribution in [2.45, 2.75) is 45.4 Å². The minimum atomic E-state index is -0.119. The third-order valence-electron chi connectivity index (χ3n) is 2.56. The summed E-state index contributed by atoms with van der Waals surface area (Å²) in [5.74, 6) is 0. The molecule has 12 heavy (non-hydrogen) atoms. The quantitative estimate of drug-likeness (QED) is 0.576. The highest BCUT2D eigenvalue weighted by atomic mass is 31.1. The SMILES string of the molecule is CC(O)=[P+]1CCCCCCCC1. The molecule has 1 saturated heterocycles. The molecule has 0 aliphatic carbocycles. The van der Waals surface area contributed by atoms with E-state index in [1.807, 2.05) is 6.92 Å². The molecule has 0 aromatic heterocycles. The summed E-state index contributed by atoms with van der Waals surface area (Å²) in [7, 11) is -0.119. The predicted octanol–water partition coefficient (Wildman–Crippen LogP) is 3.34. The van der Waals surface area contributed by atoms with Gasteiger partial charge >= 0.3 is 0 Å². The molecular weight excluding hydrogens is 167 g/mol. The normalized spacial score (nSPS) is 21.0. The van der Waals surface area contributed by atoms with Gasteiger partial charge in [-0.25, -0.2) is 0 Å². The highest BCUT2D eigenvalue weighted by Crippen LogP contribution is 2.30. The Morgan fingerprint density at radius 1 is 0.917 bits per heavy atom. The Bertz CT molecular complexity index is 147. The van der Waals surface area contributed by atoms with Gasteiger partial charge in [-0.05, 0) is 25.7 Å². The van der Waals surface area contributed by atoms with Gasteiger partial charge in [0.05, 0.1) is 0 Å². The van der Waals surface area contributed by atoms with E-state index in [4.69, 9.17) is 0 Å². The predicted molar refractivity (Wildman–Crippen MR) is 57.0 cm³/mol. The highest BCUT2D eigenvalue weighted by molar-refractivity contribution is 7.58. The first-order valence-corrected chi connectivity index (χ1v) is 6.79. The summed E-state index contributed by atoms with van der Waals surface area (Å²) in [6.45, 7) is 1.89. The Morgan fingerprint density at radius 3 is 1.75 bits per heavy atom. The zero-order chi connectivity index (χ0) is 8.81. The number of aliphatic hydroxyl groups excluding tert-OH is 1. The summed E-state index contributed by atoms with van der Waals surface area (Å²) < 4.78 is 0. The standard InChI is InChI=1S/C10H19OP/c1-10(11)12-8-6-4-2-3-5-7-9-12/h2-9H2,1H3/p+1. The van der Waals surface area contributed by atoms with Gasteiger partial charge in [-0.1, -0.05) is 12.8 Å². The second-order valence-electron chi connectivity index (χ2n) is 3.66. The van der Waals surface area contributed by atoms with Gasteiger partial charge < -0.3 is 5.11 Å². The van der Waals surface area contributed by atoms with Crippen LogP contribution in [0.2, 0.25) is 0 Å². The van der Waals surface area contributed by atoms with Crippen LogP contribution in [0, 0.1) is 0 Å². The minimum Gasteiger partial charge on any atom is -0.330 e. The van der Waals surface area contributed by atoms with Crippen LogP contribution in [0.1, 0.15) is 45.4 Å². The Kier molecular flexibility index (Phi) is 4.87. The molecule has 0 aromatic carbocycles. The molecule has 0 unspecified atom stereocenters. The third kappa shape index (κ3) is 3.69. The maximum absolute atomic E-state index is 9.43. The van der Waals surface area contributed by atoms with Crippen molar-refractivity contribution in [3.63, 3.8) is 0 Å². The van der Waals surface area contributed by atoms with E-state index >= 15 is 0 Å². The molecule has 0 amide bonds. The van der Waals surface area contributed by atoms with Crippen LogP contribution in [-0.4, -0.2) is 22.9 Å². The third-order valence-corrected chi connectivity index (χ3v) is 5.19. The molecule has 0 radical (unpaired) electrons. The van der Waals surface area contributed by atoms with E-state index < -0.39 is 0 Å². The van der Waals surface area contributed by atoms with Crippen LogP contribution in [0.4, 0.5) is 0 Å². The van der Waals surface area contributed by atoms with Crippen molar-refractivity contribution in [2.75, 3.05) is 12.3 Å². The van der Waals surface area contributed by atoms with Crippen LogP contribution in [0.3, 0.4) is 0 Å². The van der Waals surface area contributed by atoms with E-state index in [1.165, 1.54) is 50.8 Å². The van der Waals surface area contributed by atoms with Crippen molar-refractivity contribution in [1.82, 2.24) is 0 Å². The second kappa shape index (κ2) is 5.72. The lowest BCUT2D eigenvalue weighted by Gasteiger charge is -1.94. The molecule has 2 heteroatoms. The van der Waals surface area contributed by atoms with E-state index in [0.29, 0.717) is 0 Å². The van der Waals surface area contributed by atoms with Crippen LogP contribution < -0.4 is 0 Å². The number of rotatable bonds is 0. The summed E-state index contributed by atoms with van der Waals surface area (Å²) in [4.78, 5) is 0. The molecule has 1 N–H and O–H groups in total. The van der Waals surface area contributed by atoms with Crippen molar-refractivity contribution in [3.8, 4) is 0 Å². The maximum Gasteiger partial charge on any atom is 0.219 e. The van der Waals surface area contributed by atoms with E-state index in [-0.39, 0.29) is 7.55 Å². The molecule has 0 spiro atoms. The van der Waals surface area contributed by atoms with Gasteiger partial charge in [0, 0.05) is 6.92 Å². The Morgan fingerprint density at radius 2 is 1.33 bits per heavy atom. The summed E-state index contributed by atoms with van der Waals surface area (Å²) >= 11 is 0.